The highest BCUT2D eigenvalue weighted by Crippen LogP contribution is 2.37. The summed E-state index contributed by atoms with van der Waals surface area (Å²) in [6.45, 7) is 7.92. The quantitative estimate of drug-likeness (QED) is 0.480. The van der Waals surface area contributed by atoms with Gasteiger partial charge in [-0.1, -0.05) is 20.3 Å². The van der Waals surface area contributed by atoms with Crippen molar-refractivity contribution in [3.63, 3.8) is 0 Å². The van der Waals surface area contributed by atoms with Crippen molar-refractivity contribution in [3.8, 4) is 6.07 Å². The van der Waals surface area contributed by atoms with Gasteiger partial charge in [-0.2, -0.15) is 24.4 Å². The van der Waals surface area contributed by atoms with Crippen molar-refractivity contribution >= 4 is 40.6 Å². The van der Waals surface area contributed by atoms with Gasteiger partial charge in [0, 0.05) is 4.88 Å². The highest BCUT2D eigenvalue weighted by atomic mass is 32.1. The summed E-state index contributed by atoms with van der Waals surface area (Å²) >= 11 is 1.47. The highest BCUT2D eigenvalue weighted by molar-refractivity contribution is 7.16. The molecule has 11 heteroatoms. The summed E-state index contributed by atoms with van der Waals surface area (Å²) in [6, 6.07) is 2.26. The van der Waals surface area contributed by atoms with Gasteiger partial charge in [-0.25, -0.2) is 0 Å². The number of thiophene rings is 1. The average molecular weight is 455 g/mol. The standard InChI is InChI=1S/C18H26N2O4S.2CO2/c1-5-9-13-14(10-19)18(25-15(13)6-2)20(11-16(21)23-7-3)12-17(22)24-8-4;2*2-1-3/h5-9,11-12H2,1-4H3;;. The number of nitriles is 1. The average Bonchev–Trinajstić information content (AvgIpc) is 3.07. The van der Waals surface area contributed by atoms with Gasteiger partial charge >= 0.3 is 24.2 Å². The number of rotatable bonds is 10. The number of hydrogen-bond acceptors (Lipinski definition) is 11. The van der Waals surface area contributed by atoms with Gasteiger partial charge in [0.25, 0.3) is 0 Å². The lowest BCUT2D eigenvalue weighted by molar-refractivity contribution is -0.193. The van der Waals surface area contributed by atoms with E-state index in [1.54, 1.807) is 18.7 Å². The Morgan fingerprint density at radius 3 is 1.71 bits per heavy atom. The predicted molar refractivity (Wildman–Crippen MR) is 108 cm³/mol. The summed E-state index contributed by atoms with van der Waals surface area (Å²) in [5, 5.41) is 10.3. The Hall–Kier alpha value is -3.31. The lowest BCUT2D eigenvalue weighted by Crippen LogP contribution is -2.36. The first-order chi connectivity index (χ1) is 14.8. The molecule has 0 aliphatic carbocycles. The second-order valence-electron chi connectivity index (χ2n) is 5.53. The summed E-state index contributed by atoms with van der Waals surface area (Å²) in [5.41, 5.74) is 1.57. The summed E-state index contributed by atoms with van der Waals surface area (Å²) in [6.07, 6.45) is 3.03. The third-order valence-corrected chi connectivity index (χ3v) is 4.98. The fourth-order valence-corrected chi connectivity index (χ4v) is 3.79. The van der Waals surface area contributed by atoms with Crippen molar-refractivity contribution in [2.24, 2.45) is 0 Å². The first-order valence-corrected chi connectivity index (χ1v) is 10.3. The fourth-order valence-electron chi connectivity index (χ4n) is 2.56. The van der Waals surface area contributed by atoms with Crippen molar-refractivity contribution in [3.05, 3.63) is 16.0 Å². The van der Waals surface area contributed by atoms with E-state index in [9.17, 15) is 14.9 Å². The molecule has 0 aliphatic rings. The maximum atomic E-state index is 12.0. The Morgan fingerprint density at radius 1 is 0.935 bits per heavy atom. The van der Waals surface area contributed by atoms with Crippen molar-refractivity contribution in [1.29, 1.82) is 5.26 Å². The van der Waals surface area contributed by atoms with E-state index in [1.807, 2.05) is 6.92 Å². The number of esters is 2. The first kappa shape index (κ1) is 29.9. The number of anilines is 1. The molecule has 1 aromatic heterocycles. The molecule has 0 saturated heterocycles. The second-order valence-corrected chi connectivity index (χ2v) is 6.62. The second kappa shape index (κ2) is 18.7. The molecule has 1 aromatic rings. The maximum Gasteiger partial charge on any atom is 0.373 e. The van der Waals surface area contributed by atoms with Crippen LogP contribution >= 0.6 is 11.3 Å². The van der Waals surface area contributed by atoms with E-state index >= 15 is 0 Å². The van der Waals surface area contributed by atoms with Gasteiger partial charge in [-0.3, -0.25) is 9.59 Å². The molecule has 170 valence electrons. The molecule has 0 N–H and O–H groups in total. The summed E-state index contributed by atoms with van der Waals surface area (Å²) in [4.78, 5) is 59.1. The minimum Gasteiger partial charge on any atom is -0.465 e. The van der Waals surface area contributed by atoms with Crippen LogP contribution in [-0.2, 0) is 51.1 Å². The van der Waals surface area contributed by atoms with E-state index in [2.05, 4.69) is 13.0 Å². The lowest BCUT2D eigenvalue weighted by Gasteiger charge is -2.21. The first-order valence-electron chi connectivity index (χ1n) is 9.44. The fraction of sp³-hybridized carbons (Fsp3) is 0.550. The van der Waals surface area contributed by atoms with Gasteiger partial charge in [-0.15, -0.1) is 11.3 Å². The predicted octanol–water partition coefficient (Wildman–Crippen LogP) is 1.90. The Kier molecular flexibility index (Phi) is 18.0. The lowest BCUT2D eigenvalue weighted by atomic mass is 10.0. The molecule has 0 atom stereocenters. The Labute approximate surface area is 184 Å². The molecular weight excluding hydrogens is 428 g/mol. The Morgan fingerprint density at radius 2 is 1.39 bits per heavy atom. The molecule has 0 aliphatic heterocycles. The number of carbonyl (C=O) groups is 2. The van der Waals surface area contributed by atoms with E-state index in [0.29, 0.717) is 10.6 Å². The van der Waals surface area contributed by atoms with Gasteiger partial charge in [0.1, 0.15) is 24.2 Å². The number of hydrogen-bond donors (Lipinski definition) is 0. The molecule has 0 unspecified atom stereocenters. The molecule has 1 heterocycles. The van der Waals surface area contributed by atoms with Gasteiger partial charge < -0.3 is 14.4 Å². The van der Waals surface area contributed by atoms with Gasteiger partial charge in [0.15, 0.2) is 0 Å². The SMILES string of the molecule is CCCc1c(CC)sc(N(CC(=O)OCC)CC(=O)OCC)c1C#N.O=C=O.O=C=O. The smallest absolute Gasteiger partial charge is 0.373 e. The van der Waals surface area contributed by atoms with Crippen LogP contribution in [-0.4, -0.2) is 50.5 Å². The maximum absolute atomic E-state index is 12.0. The molecule has 0 amide bonds. The van der Waals surface area contributed by atoms with Crippen molar-refractivity contribution in [2.75, 3.05) is 31.2 Å². The van der Waals surface area contributed by atoms with Crippen LogP contribution in [0.15, 0.2) is 0 Å². The number of nitrogens with zero attached hydrogens (tertiary/aromatic N) is 2. The van der Waals surface area contributed by atoms with Crippen LogP contribution in [0.2, 0.25) is 0 Å². The van der Waals surface area contributed by atoms with Gasteiger partial charge in [0.05, 0.1) is 18.8 Å². The van der Waals surface area contributed by atoms with Gasteiger partial charge in [-0.05, 0) is 32.3 Å². The molecule has 0 aromatic carbocycles. The monoisotopic (exact) mass is 454 g/mol. The molecule has 31 heavy (non-hydrogen) atoms. The van der Waals surface area contributed by atoms with Crippen LogP contribution in [0.25, 0.3) is 0 Å². The topological polar surface area (TPSA) is 148 Å². The summed E-state index contributed by atoms with van der Waals surface area (Å²) < 4.78 is 10.0. The molecule has 0 fully saturated rings. The molecule has 0 bridgehead atoms. The highest BCUT2D eigenvalue weighted by Gasteiger charge is 2.25. The molecule has 0 saturated carbocycles. The molecular formula is C20H26N2O8S. The molecule has 0 radical (unpaired) electrons. The van der Waals surface area contributed by atoms with Crippen molar-refractivity contribution < 1.29 is 38.2 Å². The van der Waals surface area contributed by atoms with Crippen molar-refractivity contribution in [1.82, 2.24) is 0 Å². The Bertz CT molecular complexity index is 769. The normalized spacial score (nSPS) is 8.74. The number of carbonyl (C=O) groups excluding carboxylic acids is 6. The Balaban J connectivity index is 0. The zero-order chi connectivity index (χ0) is 24.2. The van der Waals surface area contributed by atoms with Crippen LogP contribution in [0.3, 0.4) is 0 Å². The zero-order valence-corrected chi connectivity index (χ0v) is 18.8. The van der Waals surface area contributed by atoms with Crippen LogP contribution in [0.4, 0.5) is 5.00 Å². The van der Waals surface area contributed by atoms with E-state index in [4.69, 9.17) is 28.7 Å². The van der Waals surface area contributed by atoms with Crippen LogP contribution in [0, 0.1) is 11.3 Å². The molecule has 10 nitrogen and oxygen atoms in total. The van der Waals surface area contributed by atoms with Crippen LogP contribution in [0.5, 0.6) is 0 Å². The minimum absolute atomic E-state index is 0.0867. The minimum atomic E-state index is -0.431. The number of aryl methyl sites for hydroxylation is 1. The van der Waals surface area contributed by atoms with Gasteiger partial charge in [0.2, 0.25) is 0 Å². The summed E-state index contributed by atoms with van der Waals surface area (Å²) in [5.74, 6) is -0.863. The summed E-state index contributed by atoms with van der Waals surface area (Å²) in [7, 11) is 0. The van der Waals surface area contributed by atoms with Crippen molar-refractivity contribution in [2.45, 2.75) is 47.0 Å². The van der Waals surface area contributed by atoms with E-state index < -0.39 is 11.9 Å². The molecule has 1 rings (SSSR count). The van der Waals surface area contributed by atoms with E-state index in [0.717, 1.165) is 29.7 Å². The molecule has 0 spiro atoms. The number of ether oxygens (including phenoxy) is 2. The zero-order valence-electron chi connectivity index (χ0n) is 18.0. The third kappa shape index (κ3) is 11.5. The van der Waals surface area contributed by atoms with Crippen LogP contribution in [0.1, 0.15) is 50.1 Å². The largest absolute Gasteiger partial charge is 0.465 e. The van der Waals surface area contributed by atoms with Crippen LogP contribution < -0.4 is 4.90 Å². The van der Waals surface area contributed by atoms with E-state index in [-0.39, 0.29) is 38.6 Å². The third-order valence-electron chi connectivity index (χ3n) is 3.54. The van der Waals surface area contributed by atoms with E-state index in [1.165, 1.54) is 11.3 Å².